The summed E-state index contributed by atoms with van der Waals surface area (Å²) in [5.74, 6) is 0. The van der Waals surface area contributed by atoms with E-state index in [0.29, 0.717) is 16.3 Å². The first-order chi connectivity index (χ1) is 5.77. The predicted molar refractivity (Wildman–Crippen MR) is 51.0 cm³/mol. The Morgan fingerprint density at radius 2 is 2.33 bits per heavy atom. The van der Waals surface area contributed by atoms with Crippen molar-refractivity contribution in [3.05, 3.63) is 28.8 Å². The minimum absolute atomic E-state index is 0.391. The number of hydrogen-bond donors (Lipinski definition) is 0. The van der Waals surface area contributed by atoms with Crippen molar-refractivity contribution in [2.45, 2.75) is 6.67 Å². The molecule has 1 aromatic rings. The molecule has 0 saturated heterocycles. The first-order valence-electron chi connectivity index (χ1n) is 3.20. The molecule has 62 valence electrons. The quantitative estimate of drug-likeness (QED) is 0.527. The third kappa shape index (κ3) is 2.11. The molecule has 0 aliphatic heterocycles. The molecule has 0 bridgehead atoms. The molecule has 0 amide bonds. The van der Waals surface area contributed by atoms with Gasteiger partial charge in [0.25, 0.3) is 0 Å². The Balaban J connectivity index is 3.11. The maximum atomic E-state index is 12.1. The van der Waals surface area contributed by atoms with Crippen molar-refractivity contribution < 1.29 is 4.39 Å². The summed E-state index contributed by atoms with van der Waals surface area (Å²) in [6.45, 7) is -0.526. The topological polar surface area (TPSA) is 12.4 Å². The van der Waals surface area contributed by atoms with Crippen molar-refractivity contribution in [2.75, 3.05) is 0 Å². The molecule has 12 heavy (non-hydrogen) atoms. The molecule has 0 spiro atoms. The molecule has 0 saturated carbocycles. The lowest BCUT2D eigenvalue weighted by Gasteiger charge is -1.97. The molecular weight excluding hydrogens is 197 g/mol. The van der Waals surface area contributed by atoms with Gasteiger partial charge in [-0.25, -0.2) is 4.39 Å². The van der Waals surface area contributed by atoms with E-state index in [-0.39, 0.29) is 0 Å². The van der Waals surface area contributed by atoms with Gasteiger partial charge in [0.2, 0.25) is 0 Å². The first-order valence-corrected chi connectivity index (χ1v) is 3.99. The summed E-state index contributed by atoms with van der Waals surface area (Å²) < 4.78 is 12.1. The maximum Gasteiger partial charge on any atom is 0.115 e. The SMILES string of the molecule is FCc1ccc(N=C=S)c(Cl)c1. The van der Waals surface area contributed by atoms with Crippen LogP contribution < -0.4 is 0 Å². The zero-order valence-electron chi connectivity index (χ0n) is 6.05. The molecule has 0 atom stereocenters. The van der Waals surface area contributed by atoms with Crippen LogP contribution >= 0.6 is 23.8 Å². The average Bonchev–Trinajstić information content (AvgIpc) is 2.09. The molecule has 1 nitrogen and oxygen atoms in total. The average molecular weight is 202 g/mol. The zero-order chi connectivity index (χ0) is 8.97. The van der Waals surface area contributed by atoms with Crippen LogP contribution in [0, 0.1) is 0 Å². The van der Waals surface area contributed by atoms with Crippen LogP contribution in [0.5, 0.6) is 0 Å². The van der Waals surface area contributed by atoms with E-state index in [1.165, 1.54) is 6.07 Å². The maximum absolute atomic E-state index is 12.1. The Bertz CT molecular complexity index is 334. The fraction of sp³-hybridized carbons (Fsp3) is 0.125. The van der Waals surface area contributed by atoms with Crippen molar-refractivity contribution >= 4 is 34.7 Å². The number of aliphatic imine (C=N–C) groups is 1. The molecule has 0 aliphatic carbocycles. The number of isothiocyanates is 1. The highest BCUT2D eigenvalue weighted by molar-refractivity contribution is 7.78. The molecule has 0 heterocycles. The Hall–Kier alpha value is -0.760. The van der Waals surface area contributed by atoms with Crippen LogP contribution in [0.25, 0.3) is 0 Å². The number of thiocarbonyl (C=S) groups is 1. The van der Waals surface area contributed by atoms with E-state index in [9.17, 15) is 4.39 Å². The normalized spacial score (nSPS) is 9.17. The van der Waals surface area contributed by atoms with Gasteiger partial charge in [-0.2, -0.15) is 4.99 Å². The van der Waals surface area contributed by atoms with E-state index < -0.39 is 6.67 Å². The summed E-state index contributed by atoms with van der Waals surface area (Å²) in [4.78, 5) is 3.69. The molecule has 0 unspecified atom stereocenters. The third-order valence-corrected chi connectivity index (χ3v) is 1.73. The van der Waals surface area contributed by atoms with Crippen LogP contribution in [0.15, 0.2) is 23.2 Å². The number of benzene rings is 1. The molecular formula is C8H5ClFNS. The Labute approximate surface area is 79.9 Å². The van der Waals surface area contributed by atoms with Gasteiger partial charge in [0, 0.05) is 0 Å². The predicted octanol–water partition coefficient (Wildman–Crippen LogP) is 3.54. The lowest BCUT2D eigenvalue weighted by atomic mass is 10.2. The Kier molecular flexibility index (Phi) is 3.35. The van der Waals surface area contributed by atoms with E-state index in [1.807, 2.05) is 0 Å². The minimum atomic E-state index is -0.526. The van der Waals surface area contributed by atoms with Crippen molar-refractivity contribution in [1.29, 1.82) is 0 Å². The lowest BCUT2D eigenvalue weighted by Crippen LogP contribution is -1.77. The van der Waals surface area contributed by atoms with E-state index >= 15 is 0 Å². The summed E-state index contributed by atoms with van der Waals surface area (Å²) in [6.07, 6.45) is 0. The second kappa shape index (κ2) is 4.31. The van der Waals surface area contributed by atoms with Crippen molar-refractivity contribution in [1.82, 2.24) is 0 Å². The summed E-state index contributed by atoms with van der Waals surface area (Å²) in [7, 11) is 0. The Morgan fingerprint density at radius 3 is 2.83 bits per heavy atom. The van der Waals surface area contributed by atoms with Crippen LogP contribution in [-0.2, 0) is 6.67 Å². The number of rotatable bonds is 2. The first kappa shape index (κ1) is 9.33. The second-order valence-electron chi connectivity index (χ2n) is 2.12. The van der Waals surface area contributed by atoms with Crippen LogP contribution in [0.2, 0.25) is 5.02 Å². The van der Waals surface area contributed by atoms with Crippen LogP contribution in [0.4, 0.5) is 10.1 Å². The van der Waals surface area contributed by atoms with Gasteiger partial charge in [-0.15, -0.1) is 0 Å². The van der Waals surface area contributed by atoms with Crippen LogP contribution in [0.1, 0.15) is 5.56 Å². The molecule has 0 aliphatic rings. The summed E-state index contributed by atoms with van der Waals surface area (Å²) in [6, 6.07) is 4.74. The van der Waals surface area contributed by atoms with Crippen molar-refractivity contribution in [3.8, 4) is 0 Å². The summed E-state index contributed by atoms with van der Waals surface area (Å²) in [5, 5.41) is 2.58. The van der Waals surface area contributed by atoms with Gasteiger partial charge in [-0.05, 0) is 29.9 Å². The number of nitrogens with zero attached hydrogens (tertiary/aromatic N) is 1. The standard InChI is InChI=1S/C8H5ClFNS/c9-7-3-6(4-10)1-2-8(7)11-5-12/h1-3H,4H2. The highest BCUT2D eigenvalue weighted by Crippen LogP contribution is 2.25. The zero-order valence-corrected chi connectivity index (χ0v) is 7.62. The largest absolute Gasteiger partial charge is 0.246 e. The summed E-state index contributed by atoms with van der Waals surface area (Å²) in [5.41, 5.74) is 1.05. The molecule has 0 radical (unpaired) electrons. The van der Waals surface area contributed by atoms with Crippen molar-refractivity contribution in [3.63, 3.8) is 0 Å². The number of hydrogen-bond acceptors (Lipinski definition) is 2. The van der Waals surface area contributed by atoms with Gasteiger partial charge in [0.1, 0.15) is 6.67 Å². The van der Waals surface area contributed by atoms with E-state index in [1.54, 1.807) is 12.1 Å². The monoisotopic (exact) mass is 201 g/mol. The smallest absolute Gasteiger partial charge is 0.115 e. The second-order valence-corrected chi connectivity index (χ2v) is 2.71. The summed E-state index contributed by atoms with van der Waals surface area (Å²) >= 11 is 10.1. The fourth-order valence-corrected chi connectivity index (χ4v) is 1.12. The molecule has 4 heteroatoms. The Morgan fingerprint density at radius 1 is 1.58 bits per heavy atom. The van der Waals surface area contributed by atoms with Gasteiger partial charge >= 0.3 is 0 Å². The molecule has 0 N–H and O–H groups in total. The van der Waals surface area contributed by atoms with Gasteiger partial charge < -0.3 is 0 Å². The van der Waals surface area contributed by atoms with Crippen molar-refractivity contribution in [2.24, 2.45) is 4.99 Å². The van der Waals surface area contributed by atoms with Gasteiger partial charge in [0.05, 0.1) is 15.9 Å². The molecule has 1 rings (SSSR count). The molecule has 0 aromatic heterocycles. The third-order valence-electron chi connectivity index (χ3n) is 1.33. The van der Waals surface area contributed by atoms with Crippen LogP contribution in [0.3, 0.4) is 0 Å². The minimum Gasteiger partial charge on any atom is -0.246 e. The molecule has 1 aromatic carbocycles. The molecule has 0 fully saturated rings. The van der Waals surface area contributed by atoms with E-state index in [2.05, 4.69) is 22.4 Å². The fourth-order valence-electron chi connectivity index (χ4n) is 0.773. The highest BCUT2D eigenvalue weighted by atomic mass is 35.5. The van der Waals surface area contributed by atoms with E-state index in [4.69, 9.17) is 11.6 Å². The van der Waals surface area contributed by atoms with Crippen LogP contribution in [-0.4, -0.2) is 5.16 Å². The number of halogens is 2. The van der Waals surface area contributed by atoms with E-state index in [0.717, 1.165) is 0 Å². The number of alkyl halides is 1. The van der Waals surface area contributed by atoms with Gasteiger partial charge in [-0.1, -0.05) is 17.7 Å². The van der Waals surface area contributed by atoms with Gasteiger partial charge in [-0.3, -0.25) is 0 Å². The van der Waals surface area contributed by atoms with Gasteiger partial charge in [0.15, 0.2) is 0 Å². The lowest BCUT2D eigenvalue weighted by molar-refractivity contribution is 0.485. The highest BCUT2D eigenvalue weighted by Gasteiger charge is 1.99.